The summed E-state index contributed by atoms with van der Waals surface area (Å²) in [6.07, 6.45) is 0.751. The number of carbonyl (C=O) groups excluding carboxylic acids is 1. The van der Waals surface area contributed by atoms with Crippen molar-refractivity contribution in [1.82, 2.24) is 15.1 Å². The third-order valence-corrected chi connectivity index (χ3v) is 4.47. The van der Waals surface area contributed by atoms with E-state index in [0.29, 0.717) is 23.5 Å². The predicted molar refractivity (Wildman–Crippen MR) is 111 cm³/mol. The zero-order valence-electron chi connectivity index (χ0n) is 17.2. The summed E-state index contributed by atoms with van der Waals surface area (Å²) >= 11 is 0. The van der Waals surface area contributed by atoms with E-state index in [9.17, 15) is 19.3 Å². The summed E-state index contributed by atoms with van der Waals surface area (Å²) in [7, 11) is 1.54. The zero-order valence-corrected chi connectivity index (χ0v) is 17.2. The molecule has 162 valence electrons. The molecule has 0 fully saturated rings. The monoisotopic (exact) mass is 428 g/mol. The normalized spacial score (nSPS) is 10.6. The van der Waals surface area contributed by atoms with E-state index in [1.54, 1.807) is 31.2 Å². The Morgan fingerprint density at radius 2 is 1.97 bits per heavy atom. The van der Waals surface area contributed by atoms with E-state index >= 15 is 0 Å². The van der Waals surface area contributed by atoms with Crippen LogP contribution in [0.15, 0.2) is 42.5 Å². The van der Waals surface area contributed by atoms with Crippen LogP contribution >= 0.6 is 0 Å². The number of aromatic nitrogens is 2. The van der Waals surface area contributed by atoms with Crippen LogP contribution in [0.5, 0.6) is 17.4 Å². The average molecular weight is 428 g/mol. The van der Waals surface area contributed by atoms with Gasteiger partial charge in [-0.3, -0.25) is 14.9 Å². The first-order chi connectivity index (χ1) is 14.8. The fourth-order valence-electron chi connectivity index (χ4n) is 2.83. The topological polar surface area (TPSA) is 109 Å². The van der Waals surface area contributed by atoms with Crippen LogP contribution in [0.25, 0.3) is 5.69 Å². The number of nitrogens with one attached hydrogen (secondary N) is 1. The Hall–Kier alpha value is -3.95. The highest BCUT2D eigenvalue weighted by Crippen LogP contribution is 2.33. The van der Waals surface area contributed by atoms with Gasteiger partial charge in [0, 0.05) is 18.2 Å². The van der Waals surface area contributed by atoms with Crippen molar-refractivity contribution >= 4 is 11.6 Å². The first kappa shape index (κ1) is 21.8. The highest BCUT2D eigenvalue weighted by molar-refractivity contribution is 5.94. The Morgan fingerprint density at radius 3 is 2.55 bits per heavy atom. The lowest BCUT2D eigenvalue weighted by Gasteiger charge is -2.11. The van der Waals surface area contributed by atoms with Gasteiger partial charge in [0.1, 0.15) is 5.75 Å². The molecule has 0 aliphatic carbocycles. The second-order valence-electron chi connectivity index (χ2n) is 6.62. The fraction of sp³-hybridized carbons (Fsp3) is 0.238. The molecular formula is C21H21FN4O5. The fourth-order valence-corrected chi connectivity index (χ4v) is 2.83. The molecule has 1 heterocycles. The van der Waals surface area contributed by atoms with E-state index in [-0.39, 0.29) is 23.2 Å². The summed E-state index contributed by atoms with van der Waals surface area (Å²) in [5.41, 5.74) is 0.671. The minimum atomic E-state index is -0.909. The maximum Gasteiger partial charge on any atom is 0.272 e. The first-order valence-electron chi connectivity index (χ1n) is 9.49. The number of nitro groups is 1. The number of benzene rings is 2. The molecule has 9 nitrogen and oxygen atoms in total. The van der Waals surface area contributed by atoms with E-state index in [1.165, 1.54) is 11.8 Å². The maximum absolute atomic E-state index is 14.4. The largest absolute Gasteiger partial charge is 0.497 e. The van der Waals surface area contributed by atoms with Gasteiger partial charge in [-0.15, -0.1) is 0 Å². The van der Waals surface area contributed by atoms with Gasteiger partial charge < -0.3 is 14.8 Å². The number of nitro benzene ring substituents is 1. The molecule has 3 aromatic rings. The van der Waals surface area contributed by atoms with Crippen LogP contribution in [0, 0.1) is 22.9 Å². The average Bonchev–Trinajstić information content (AvgIpc) is 3.09. The lowest BCUT2D eigenvalue weighted by molar-refractivity contribution is -0.385. The van der Waals surface area contributed by atoms with E-state index in [1.807, 2.05) is 6.92 Å². The molecule has 0 aliphatic heterocycles. The molecule has 1 N–H and O–H groups in total. The minimum absolute atomic E-state index is 0.111. The molecule has 1 amide bonds. The Kier molecular flexibility index (Phi) is 6.49. The van der Waals surface area contributed by atoms with Gasteiger partial charge in [0.2, 0.25) is 5.88 Å². The summed E-state index contributed by atoms with van der Waals surface area (Å²) in [5.74, 6) is -0.797. The van der Waals surface area contributed by atoms with Crippen molar-refractivity contribution in [3.8, 4) is 23.1 Å². The maximum atomic E-state index is 14.4. The number of methoxy groups -OCH3 is 1. The van der Waals surface area contributed by atoms with Crippen LogP contribution in [-0.4, -0.2) is 34.3 Å². The molecule has 0 radical (unpaired) electrons. The second kappa shape index (κ2) is 9.24. The molecule has 2 aromatic carbocycles. The Morgan fingerprint density at radius 1 is 1.26 bits per heavy atom. The van der Waals surface area contributed by atoms with Crippen LogP contribution in [0.3, 0.4) is 0 Å². The molecule has 0 spiro atoms. The Bertz CT molecular complexity index is 1110. The van der Waals surface area contributed by atoms with Crippen molar-refractivity contribution in [3.05, 3.63) is 69.7 Å². The standard InChI is InChI=1S/C21H21FN4O5/c1-4-11-23-20(27)19-13(2)21(25(24-19)14-5-8-16(30-3)9-6-14)31-18-10-7-15(26(28)29)12-17(18)22/h5-10,12H,4,11H2,1-3H3,(H,23,27). The SMILES string of the molecule is CCCNC(=O)c1nn(-c2ccc(OC)cc2)c(Oc2ccc([N+](=O)[O-])cc2F)c1C. The molecule has 0 unspecified atom stereocenters. The van der Waals surface area contributed by atoms with Crippen LogP contribution in [0.1, 0.15) is 29.4 Å². The third-order valence-electron chi connectivity index (χ3n) is 4.47. The predicted octanol–water partition coefficient (Wildman–Crippen LogP) is 4.17. The van der Waals surface area contributed by atoms with Gasteiger partial charge in [0.15, 0.2) is 17.3 Å². The zero-order chi connectivity index (χ0) is 22.5. The summed E-state index contributed by atoms with van der Waals surface area (Å²) in [4.78, 5) is 22.7. The van der Waals surface area contributed by atoms with E-state index < -0.39 is 16.4 Å². The first-order valence-corrected chi connectivity index (χ1v) is 9.49. The molecule has 10 heteroatoms. The number of hydrogen-bond acceptors (Lipinski definition) is 6. The summed E-state index contributed by atoms with van der Waals surface area (Å²) in [6, 6.07) is 9.90. The molecule has 0 saturated heterocycles. The van der Waals surface area contributed by atoms with Crippen LogP contribution in [-0.2, 0) is 0 Å². The summed E-state index contributed by atoms with van der Waals surface area (Å²) < 4.78 is 26.7. The van der Waals surface area contributed by atoms with Crippen molar-refractivity contribution in [2.24, 2.45) is 0 Å². The summed E-state index contributed by atoms with van der Waals surface area (Å²) in [5, 5.41) is 18.0. The number of halogens is 1. The number of amides is 1. The number of hydrogen-bond donors (Lipinski definition) is 1. The van der Waals surface area contributed by atoms with E-state index in [0.717, 1.165) is 24.6 Å². The number of carbonyl (C=O) groups is 1. The van der Waals surface area contributed by atoms with Crippen LogP contribution < -0.4 is 14.8 Å². The number of ether oxygens (including phenoxy) is 2. The molecule has 0 bridgehead atoms. The molecule has 3 rings (SSSR count). The highest BCUT2D eigenvalue weighted by Gasteiger charge is 2.24. The lowest BCUT2D eigenvalue weighted by Crippen LogP contribution is -2.25. The molecular weight excluding hydrogens is 407 g/mol. The van der Waals surface area contributed by atoms with Crippen molar-refractivity contribution in [3.63, 3.8) is 0 Å². The molecule has 31 heavy (non-hydrogen) atoms. The smallest absolute Gasteiger partial charge is 0.272 e. The third kappa shape index (κ3) is 4.63. The van der Waals surface area contributed by atoms with Gasteiger partial charge in [0.25, 0.3) is 11.6 Å². The van der Waals surface area contributed by atoms with Gasteiger partial charge in [-0.2, -0.15) is 9.78 Å². The number of rotatable bonds is 8. The van der Waals surface area contributed by atoms with Crippen molar-refractivity contribution in [2.45, 2.75) is 20.3 Å². The molecule has 0 aliphatic rings. The number of nitrogens with zero attached hydrogens (tertiary/aromatic N) is 3. The van der Waals surface area contributed by atoms with Crippen LogP contribution in [0.2, 0.25) is 0 Å². The van der Waals surface area contributed by atoms with Gasteiger partial charge in [-0.1, -0.05) is 6.92 Å². The molecule has 0 atom stereocenters. The van der Waals surface area contributed by atoms with Crippen molar-refractivity contribution in [1.29, 1.82) is 0 Å². The van der Waals surface area contributed by atoms with Crippen molar-refractivity contribution < 1.29 is 23.6 Å². The van der Waals surface area contributed by atoms with Gasteiger partial charge in [-0.25, -0.2) is 4.39 Å². The van der Waals surface area contributed by atoms with Crippen molar-refractivity contribution in [2.75, 3.05) is 13.7 Å². The molecule has 0 saturated carbocycles. The van der Waals surface area contributed by atoms with Gasteiger partial charge in [0.05, 0.1) is 23.8 Å². The Balaban J connectivity index is 2.07. The van der Waals surface area contributed by atoms with Gasteiger partial charge >= 0.3 is 0 Å². The summed E-state index contributed by atoms with van der Waals surface area (Å²) in [6.45, 7) is 4.03. The highest BCUT2D eigenvalue weighted by atomic mass is 19.1. The minimum Gasteiger partial charge on any atom is -0.497 e. The van der Waals surface area contributed by atoms with Crippen LogP contribution in [0.4, 0.5) is 10.1 Å². The number of non-ortho nitro benzene ring substituents is 1. The van der Waals surface area contributed by atoms with E-state index in [2.05, 4.69) is 10.4 Å². The quantitative estimate of drug-likeness (QED) is 0.426. The van der Waals surface area contributed by atoms with E-state index in [4.69, 9.17) is 9.47 Å². The Labute approximate surface area is 177 Å². The lowest BCUT2D eigenvalue weighted by atomic mass is 10.2. The molecule has 1 aromatic heterocycles. The second-order valence-corrected chi connectivity index (χ2v) is 6.62. The van der Waals surface area contributed by atoms with Gasteiger partial charge in [-0.05, 0) is 43.7 Å².